The van der Waals surface area contributed by atoms with Crippen molar-refractivity contribution in [1.82, 2.24) is 0 Å². The lowest BCUT2D eigenvalue weighted by atomic mass is 10.2. The molecule has 1 aromatic carbocycles. The van der Waals surface area contributed by atoms with Gasteiger partial charge in [-0.3, -0.25) is 4.79 Å². The molecule has 21 heavy (non-hydrogen) atoms. The Labute approximate surface area is 139 Å². The summed E-state index contributed by atoms with van der Waals surface area (Å²) in [6.07, 6.45) is 0. The largest absolute Gasteiger partial charge is 0.321 e. The van der Waals surface area contributed by atoms with E-state index < -0.39 is 15.9 Å². The second-order valence-corrected chi connectivity index (χ2v) is 8.13. The highest BCUT2D eigenvalue weighted by atomic mass is 35.5. The number of anilines is 1. The number of nitrogens with two attached hydrogens (primary N) is 1. The topological polar surface area (TPSA) is 89.3 Å². The Morgan fingerprint density at radius 1 is 1.19 bits per heavy atom. The second kappa shape index (κ2) is 6.12. The zero-order valence-corrected chi connectivity index (χ0v) is 14.0. The monoisotopic (exact) mass is 384 g/mol. The molecule has 0 saturated heterocycles. The molecule has 5 nitrogen and oxygen atoms in total. The molecule has 1 amide bonds. The number of primary sulfonamides is 1. The van der Waals surface area contributed by atoms with E-state index in [2.05, 4.69) is 5.32 Å². The SMILES string of the molecule is NS(=O)(=O)c1ccc(Cl)c(NC(=O)c2cc(Cl)sc2Cl)c1. The number of carbonyl (C=O) groups excluding carboxylic acids is 1. The van der Waals surface area contributed by atoms with Crippen molar-refractivity contribution in [3.05, 3.63) is 43.5 Å². The summed E-state index contributed by atoms with van der Waals surface area (Å²) in [6, 6.07) is 5.12. The first-order valence-electron chi connectivity index (χ1n) is 5.27. The smallest absolute Gasteiger partial charge is 0.258 e. The Balaban J connectivity index is 2.35. The fourth-order valence-electron chi connectivity index (χ4n) is 1.46. The molecule has 2 aromatic rings. The van der Waals surface area contributed by atoms with Crippen molar-refractivity contribution in [2.45, 2.75) is 4.90 Å². The van der Waals surface area contributed by atoms with Crippen LogP contribution in [0.4, 0.5) is 5.69 Å². The van der Waals surface area contributed by atoms with Crippen molar-refractivity contribution in [1.29, 1.82) is 0 Å². The summed E-state index contributed by atoms with van der Waals surface area (Å²) < 4.78 is 23.2. The molecule has 0 spiro atoms. The van der Waals surface area contributed by atoms with Crippen LogP contribution in [0.1, 0.15) is 10.4 Å². The Morgan fingerprint density at radius 2 is 1.86 bits per heavy atom. The minimum Gasteiger partial charge on any atom is -0.321 e. The van der Waals surface area contributed by atoms with Gasteiger partial charge in [0.2, 0.25) is 10.0 Å². The van der Waals surface area contributed by atoms with E-state index in [1.165, 1.54) is 18.2 Å². The van der Waals surface area contributed by atoms with E-state index >= 15 is 0 Å². The molecule has 0 aliphatic heterocycles. The summed E-state index contributed by atoms with van der Waals surface area (Å²) in [6.45, 7) is 0. The Kier molecular flexibility index (Phi) is 4.82. The molecule has 3 N–H and O–H groups in total. The number of sulfonamides is 1. The quantitative estimate of drug-likeness (QED) is 0.845. The molecule has 112 valence electrons. The summed E-state index contributed by atoms with van der Waals surface area (Å²) in [7, 11) is -3.90. The lowest BCUT2D eigenvalue weighted by Gasteiger charge is -2.08. The normalized spacial score (nSPS) is 11.4. The van der Waals surface area contributed by atoms with Crippen LogP contribution < -0.4 is 10.5 Å². The predicted octanol–water partition coefficient (Wildman–Crippen LogP) is 3.61. The average molecular weight is 386 g/mol. The van der Waals surface area contributed by atoms with Crippen LogP contribution in [0.15, 0.2) is 29.2 Å². The first-order chi connectivity index (χ1) is 9.68. The third-order valence-corrected chi connectivity index (χ3v) is 5.14. The Hall–Kier alpha value is -0.830. The van der Waals surface area contributed by atoms with Crippen LogP contribution in [0.25, 0.3) is 0 Å². The minimum atomic E-state index is -3.90. The standard InChI is InChI=1S/C11H7Cl3N2O3S2/c12-7-2-1-5(21(15,18)19)3-8(7)16-11(17)6-4-9(13)20-10(6)14/h1-4H,(H,16,17)(H2,15,18,19). The third kappa shape index (κ3) is 3.88. The number of nitrogens with one attached hydrogen (secondary N) is 1. The highest BCUT2D eigenvalue weighted by molar-refractivity contribution is 7.89. The number of halogens is 3. The van der Waals surface area contributed by atoms with E-state index in [1.54, 1.807) is 0 Å². The molecule has 0 fully saturated rings. The van der Waals surface area contributed by atoms with Gasteiger partial charge in [0.05, 0.1) is 25.5 Å². The van der Waals surface area contributed by atoms with Gasteiger partial charge in [-0.1, -0.05) is 34.8 Å². The van der Waals surface area contributed by atoms with Crippen LogP contribution in [0.5, 0.6) is 0 Å². The fraction of sp³-hybridized carbons (Fsp3) is 0. The average Bonchev–Trinajstić information content (AvgIpc) is 2.70. The zero-order chi connectivity index (χ0) is 15.8. The number of amides is 1. The Bertz CT molecular complexity index is 818. The molecule has 0 aliphatic rings. The van der Waals surface area contributed by atoms with E-state index in [1.807, 2.05) is 0 Å². The van der Waals surface area contributed by atoms with Crippen LogP contribution in [0.3, 0.4) is 0 Å². The summed E-state index contributed by atoms with van der Waals surface area (Å²) >= 11 is 18.6. The van der Waals surface area contributed by atoms with Gasteiger partial charge in [0, 0.05) is 0 Å². The third-order valence-electron chi connectivity index (χ3n) is 2.42. The van der Waals surface area contributed by atoms with Crippen molar-refractivity contribution in [3.8, 4) is 0 Å². The summed E-state index contributed by atoms with van der Waals surface area (Å²) in [5, 5.41) is 7.65. The molecule has 2 rings (SSSR count). The molecular formula is C11H7Cl3N2O3S2. The molecule has 0 bridgehead atoms. The number of carbonyl (C=O) groups is 1. The number of rotatable bonds is 3. The molecule has 0 aliphatic carbocycles. The molecule has 1 heterocycles. The van der Waals surface area contributed by atoms with E-state index in [9.17, 15) is 13.2 Å². The molecule has 0 radical (unpaired) electrons. The minimum absolute atomic E-state index is 0.103. The van der Waals surface area contributed by atoms with Crippen LogP contribution in [0.2, 0.25) is 13.7 Å². The summed E-state index contributed by atoms with van der Waals surface area (Å²) in [4.78, 5) is 11.9. The predicted molar refractivity (Wildman–Crippen MR) is 85.1 cm³/mol. The maximum absolute atomic E-state index is 12.1. The van der Waals surface area contributed by atoms with Crippen molar-refractivity contribution in [2.24, 2.45) is 5.14 Å². The summed E-state index contributed by atoms with van der Waals surface area (Å²) in [5.41, 5.74) is 0.273. The van der Waals surface area contributed by atoms with Crippen molar-refractivity contribution < 1.29 is 13.2 Å². The summed E-state index contributed by atoms with van der Waals surface area (Å²) in [5.74, 6) is -0.559. The number of hydrogen-bond donors (Lipinski definition) is 2. The molecular weight excluding hydrogens is 379 g/mol. The maximum Gasteiger partial charge on any atom is 0.258 e. The molecule has 10 heteroatoms. The maximum atomic E-state index is 12.1. The number of benzene rings is 1. The first kappa shape index (κ1) is 16.5. The van der Waals surface area contributed by atoms with Crippen molar-refractivity contribution in [2.75, 3.05) is 5.32 Å². The van der Waals surface area contributed by atoms with E-state index in [0.29, 0.717) is 4.34 Å². The molecule has 0 unspecified atom stereocenters. The van der Waals surface area contributed by atoms with Gasteiger partial charge >= 0.3 is 0 Å². The van der Waals surface area contributed by atoms with Gasteiger partial charge in [-0.25, -0.2) is 13.6 Å². The van der Waals surface area contributed by atoms with Crippen molar-refractivity contribution in [3.63, 3.8) is 0 Å². The number of hydrogen-bond acceptors (Lipinski definition) is 4. The van der Waals surface area contributed by atoms with Gasteiger partial charge < -0.3 is 5.32 Å². The highest BCUT2D eigenvalue weighted by Gasteiger charge is 2.17. The van der Waals surface area contributed by atoms with Crippen LogP contribution in [0, 0.1) is 0 Å². The van der Waals surface area contributed by atoms with E-state index in [0.717, 1.165) is 17.4 Å². The van der Waals surface area contributed by atoms with Gasteiger partial charge in [0.25, 0.3) is 5.91 Å². The molecule has 1 aromatic heterocycles. The first-order valence-corrected chi connectivity index (χ1v) is 8.76. The lowest BCUT2D eigenvalue weighted by molar-refractivity contribution is 0.102. The van der Waals surface area contributed by atoms with Crippen LogP contribution >= 0.6 is 46.1 Å². The number of thiophene rings is 1. The molecule has 0 saturated carbocycles. The molecule has 0 atom stereocenters. The lowest BCUT2D eigenvalue weighted by Crippen LogP contribution is -2.15. The van der Waals surface area contributed by atoms with Crippen LogP contribution in [-0.4, -0.2) is 14.3 Å². The van der Waals surface area contributed by atoms with Gasteiger partial charge in [-0.15, -0.1) is 11.3 Å². The van der Waals surface area contributed by atoms with Crippen LogP contribution in [-0.2, 0) is 10.0 Å². The van der Waals surface area contributed by atoms with Gasteiger partial charge in [0.1, 0.15) is 4.34 Å². The van der Waals surface area contributed by atoms with Gasteiger partial charge in [0.15, 0.2) is 0 Å². The zero-order valence-electron chi connectivity index (χ0n) is 10.1. The van der Waals surface area contributed by atoms with E-state index in [4.69, 9.17) is 39.9 Å². The van der Waals surface area contributed by atoms with Gasteiger partial charge in [-0.05, 0) is 24.3 Å². The second-order valence-electron chi connectivity index (χ2n) is 3.88. The Morgan fingerprint density at radius 3 is 2.38 bits per heavy atom. The van der Waals surface area contributed by atoms with Crippen molar-refractivity contribution >= 4 is 67.8 Å². The fourth-order valence-corrected chi connectivity index (χ4v) is 3.62. The van der Waals surface area contributed by atoms with Gasteiger partial charge in [-0.2, -0.15) is 0 Å². The van der Waals surface area contributed by atoms with E-state index in [-0.39, 0.29) is 25.5 Å². The highest BCUT2D eigenvalue weighted by Crippen LogP contribution is 2.32.